The fourth-order valence-corrected chi connectivity index (χ4v) is 3.44. The molecule has 178 valence electrons. The normalized spacial score (nSPS) is 14.2. The van der Waals surface area contributed by atoms with Crippen LogP contribution in [-0.2, 0) is 10.7 Å². The van der Waals surface area contributed by atoms with Gasteiger partial charge in [0.25, 0.3) is 11.8 Å². The van der Waals surface area contributed by atoms with Gasteiger partial charge < -0.3 is 21.1 Å². The van der Waals surface area contributed by atoms with Crippen LogP contribution in [0.2, 0.25) is 5.02 Å². The molecule has 7 nitrogen and oxygen atoms in total. The van der Waals surface area contributed by atoms with E-state index < -0.39 is 40.2 Å². The number of halogens is 4. The summed E-state index contributed by atoms with van der Waals surface area (Å²) in [4.78, 5) is 36.7. The summed E-state index contributed by atoms with van der Waals surface area (Å²) in [5.74, 6) is -7.04. The first-order valence-electron chi connectivity index (χ1n) is 9.92. The van der Waals surface area contributed by atoms with Crippen LogP contribution in [0.15, 0.2) is 36.4 Å². The third-order valence-corrected chi connectivity index (χ3v) is 5.30. The van der Waals surface area contributed by atoms with Crippen molar-refractivity contribution in [2.75, 3.05) is 25.5 Å². The van der Waals surface area contributed by atoms with E-state index in [0.29, 0.717) is 0 Å². The van der Waals surface area contributed by atoms with Crippen molar-refractivity contribution < 1.29 is 32.7 Å². The number of nitrogens with two attached hydrogens (primary N) is 1. The molecule has 0 atom stereocenters. The summed E-state index contributed by atoms with van der Waals surface area (Å²) < 4.78 is 43.3. The summed E-state index contributed by atoms with van der Waals surface area (Å²) in [6.07, 6.45) is 0.0214. The Hall–Kier alpha value is -2.95. The third kappa shape index (κ3) is 6.10. The number of likely N-dealkylation sites (tertiary alicyclic amines) is 1. The number of hydrogen-bond acceptors (Lipinski definition) is 5. The van der Waals surface area contributed by atoms with Crippen LogP contribution in [0.4, 0.5) is 18.9 Å². The lowest BCUT2D eigenvalue weighted by molar-refractivity contribution is -0.161. The van der Waals surface area contributed by atoms with Crippen LogP contribution in [0.1, 0.15) is 39.1 Å². The van der Waals surface area contributed by atoms with Crippen LogP contribution in [0.5, 0.6) is 0 Å². The minimum atomic E-state index is -3.99. The maximum absolute atomic E-state index is 15.0. The molecule has 4 N–H and O–H groups in total. The molecule has 1 heterocycles. The Morgan fingerprint density at radius 2 is 1.82 bits per heavy atom. The molecule has 0 unspecified atom stereocenters. The Morgan fingerprint density at radius 3 is 2.42 bits per heavy atom. The second kappa shape index (κ2) is 11.3. The molecular formula is C22H23ClF3N3O4. The number of aliphatic hydroxyl groups is 1. The molecule has 3 rings (SSSR count). The molecule has 0 saturated carbocycles. The Morgan fingerprint density at radius 1 is 1.18 bits per heavy atom. The zero-order valence-corrected chi connectivity index (χ0v) is 18.4. The molecule has 2 aromatic rings. The van der Waals surface area contributed by atoms with Crippen molar-refractivity contribution in [3.63, 3.8) is 0 Å². The molecule has 1 fully saturated rings. The average Bonchev–Trinajstić information content (AvgIpc) is 2.81. The number of piperidine rings is 1. The highest BCUT2D eigenvalue weighted by Crippen LogP contribution is 2.36. The number of hydrogen-bond donors (Lipinski definition) is 3. The average molecular weight is 486 g/mol. The number of aliphatic hydroxyl groups excluding tert-OH is 1. The Balaban J connectivity index is 0.00000187. The minimum Gasteiger partial charge on any atom is -0.393 e. The van der Waals surface area contributed by atoms with Gasteiger partial charge in [-0.05, 0) is 56.3 Å². The van der Waals surface area contributed by atoms with E-state index in [9.17, 15) is 32.7 Å². The first kappa shape index (κ1) is 26.3. The van der Waals surface area contributed by atoms with Gasteiger partial charge in [-0.25, -0.2) is 4.39 Å². The maximum atomic E-state index is 15.0. The second-order valence-corrected chi connectivity index (χ2v) is 7.51. The van der Waals surface area contributed by atoms with Crippen molar-refractivity contribution in [1.29, 1.82) is 0 Å². The molecule has 2 aromatic carbocycles. The van der Waals surface area contributed by atoms with Gasteiger partial charge >= 0.3 is 5.92 Å². The lowest BCUT2D eigenvalue weighted by atomic mass is 10.0. The lowest BCUT2D eigenvalue weighted by Crippen LogP contribution is -2.47. The number of aldehydes is 1. The summed E-state index contributed by atoms with van der Waals surface area (Å²) in [7, 11) is 1.50. The zero-order chi connectivity index (χ0) is 24.8. The topological polar surface area (TPSA) is 113 Å². The molecule has 2 amide bonds. The monoisotopic (exact) mass is 485 g/mol. The fraction of sp³-hybridized carbons (Fsp3) is 0.318. The standard InChI is InChI=1S/C21H18ClF3N2O4.CH5N/c22-17-3-1-12(19(30)26-14-2-4-18(23)13(9-14)11-28)10-16(17)21(24,25)20(31)27-7-5-15(29)6-8-27;1-2/h1-4,9-11,15,29H,5-8H2,(H,26,30);2H2,1H3. The summed E-state index contributed by atoms with van der Waals surface area (Å²) in [6, 6.07) is 6.38. The molecule has 11 heteroatoms. The molecule has 1 aliphatic heterocycles. The van der Waals surface area contributed by atoms with Gasteiger partial charge in [0.2, 0.25) is 0 Å². The van der Waals surface area contributed by atoms with Gasteiger partial charge in [-0.3, -0.25) is 14.4 Å². The van der Waals surface area contributed by atoms with Gasteiger partial charge in [-0.1, -0.05) is 11.6 Å². The minimum absolute atomic E-state index is 0.0168. The summed E-state index contributed by atoms with van der Waals surface area (Å²) >= 11 is 5.91. The van der Waals surface area contributed by atoms with Gasteiger partial charge in [0, 0.05) is 24.3 Å². The smallest absolute Gasteiger partial charge is 0.351 e. The molecule has 0 bridgehead atoms. The first-order chi connectivity index (χ1) is 15.6. The van der Waals surface area contributed by atoms with Gasteiger partial charge in [0.05, 0.1) is 22.3 Å². The summed E-state index contributed by atoms with van der Waals surface area (Å²) in [5.41, 5.74) is 3.27. The van der Waals surface area contributed by atoms with Gasteiger partial charge in [-0.15, -0.1) is 0 Å². The Labute approximate surface area is 193 Å². The summed E-state index contributed by atoms with van der Waals surface area (Å²) in [5, 5.41) is 11.5. The largest absolute Gasteiger partial charge is 0.393 e. The van der Waals surface area contributed by atoms with E-state index in [1.807, 2.05) is 0 Å². The molecule has 0 aliphatic carbocycles. The number of rotatable bonds is 5. The van der Waals surface area contributed by atoms with E-state index in [-0.39, 0.29) is 49.0 Å². The molecule has 0 aromatic heterocycles. The Bertz CT molecular complexity index is 1030. The van der Waals surface area contributed by atoms with Crippen molar-refractivity contribution in [3.8, 4) is 0 Å². The number of anilines is 1. The van der Waals surface area contributed by atoms with Gasteiger partial charge in [-0.2, -0.15) is 8.78 Å². The Kier molecular flexibility index (Phi) is 8.98. The second-order valence-electron chi connectivity index (χ2n) is 7.10. The number of carbonyl (C=O) groups excluding carboxylic acids is 3. The zero-order valence-electron chi connectivity index (χ0n) is 17.7. The van der Waals surface area contributed by atoms with Crippen molar-refractivity contribution in [2.45, 2.75) is 24.9 Å². The lowest BCUT2D eigenvalue weighted by Gasteiger charge is -2.32. The van der Waals surface area contributed by atoms with Crippen LogP contribution in [-0.4, -0.2) is 54.3 Å². The molecule has 33 heavy (non-hydrogen) atoms. The first-order valence-corrected chi connectivity index (χ1v) is 10.3. The van der Waals surface area contributed by atoms with Gasteiger partial charge in [0.1, 0.15) is 5.82 Å². The van der Waals surface area contributed by atoms with E-state index in [1.165, 1.54) is 19.2 Å². The van der Waals surface area contributed by atoms with Crippen molar-refractivity contribution in [2.24, 2.45) is 5.73 Å². The maximum Gasteiger partial charge on any atom is 0.351 e. The highest BCUT2D eigenvalue weighted by Gasteiger charge is 2.46. The number of alkyl halides is 2. The van der Waals surface area contributed by atoms with E-state index >= 15 is 0 Å². The van der Waals surface area contributed by atoms with Crippen LogP contribution in [0.3, 0.4) is 0 Å². The van der Waals surface area contributed by atoms with Gasteiger partial charge in [0.15, 0.2) is 6.29 Å². The van der Waals surface area contributed by atoms with E-state index in [1.54, 1.807) is 0 Å². The molecular weight excluding hydrogens is 463 g/mol. The predicted molar refractivity (Wildman–Crippen MR) is 117 cm³/mol. The van der Waals surface area contributed by atoms with Crippen LogP contribution >= 0.6 is 11.6 Å². The highest BCUT2D eigenvalue weighted by molar-refractivity contribution is 6.32. The number of amides is 2. The SMILES string of the molecule is CN.O=Cc1cc(NC(=O)c2ccc(Cl)c(C(F)(F)C(=O)N3CCC(O)CC3)c2)ccc1F. The number of benzene rings is 2. The number of carbonyl (C=O) groups is 3. The highest BCUT2D eigenvalue weighted by atomic mass is 35.5. The fourth-order valence-electron chi connectivity index (χ4n) is 3.20. The molecule has 1 aliphatic rings. The quantitative estimate of drug-likeness (QED) is 0.563. The molecule has 0 spiro atoms. The van der Waals surface area contributed by atoms with Crippen molar-refractivity contribution >= 4 is 35.4 Å². The van der Waals surface area contributed by atoms with E-state index in [2.05, 4.69) is 11.1 Å². The molecule has 1 saturated heterocycles. The van der Waals surface area contributed by atoms with Crippen molar-refractivity contribution in [3.05, 3.63) is 63.9 Å². The van der Waals surface area contributed by atoms with E-state index in [4.69, 9.17) is 11.6 Å². The number of nitrogens with zero attached hydrogens (tertiary/aromatic N) is 1. The summed E-state index contributed by atoms with van der Waals surface area (Å²) in [6.45, 7) is -0.0337. The van der Waals surface area contributed by atoms with E-state index in [0.717, 1.165) is 29.2 Å². The van der Waals surface area contributed by atoms with Crippen LogP contribution in [0.25, 0.3) is 0 Å². The van der Waals surface area contributed by atoms with Crippen LogP contribution in [0, 0.1) is 5.82 Å². The molecule has 0 radical (unpaired) electrons. The number of nitrogens with one attached hydrogen (secondary N) is 1. The third-order valence-electron chi connectivity index (χ3n) is 4.97. The van der Waals surface area contributed by atoms with Crippen LogP contribution < -0.4 is 11.1 Å². The predicted octanol–water partition coefficient (Wildman–Crippen LogP) is 3.19. The van der Waals surface area contributed by atoms with Crippen molar-refractivity contribution in [1.82, 2.24) is 4.90 Å².